The molecule has 2 atom stereocenters. The maximum atomic E-state index is 3.36. The van der Waals surface area contributed by atoms with Crippen LogP contribution < -0.4 is 5.32 Å². The SMILES string of the molecule is CNCC(/C1=C/C=C\C=C/C=C\C1)C1C=C\C=C/C=C\C=C/1. The maximum absolute atomic E-state index is 3.36. The molecule has 114 valence electrons. The number of nitrogens with one attached hydrogen (secondary N) is 1. The van der Waals surface area contributed by atoms with Crippen molar-refractivity contribution in [2.75, 3.05) is 13.6 Å². The zero-order valence-electron chi connectivity index (χ0n) is 13.2. The second-order valence-corrected chi connectivity index (χ2v) is 5.42. The summed E-state index contributed by atoms with van der Waals surface area (Å²) in [7, 11) is 2.03. The Balaban J connectivity index is 2.27. The Hall–Kier alpha value is -2.12. The lowest BCUT2D eigenvalue weighted by Gasteiger charge is -2.25. The molecule has 1 heteroatoms. The molecular formula is C21H25N. The van der Waals surface area contributed by atoms with Crippen molar-refractivity contribution in [2.45, 2.75) is 6.42 Å². The van der Waals surface area contributed by atoms with E-state index in [0.29, 0.717) is 11.8 Å². The minimum absolute atomic E-state index is 0.390. The van der Waals surface area contributed by atoms with Gasteiger partial charge in [0.05, 0.1) is 0 Å². The standard InChI is InChI=1S/C21H25N/c1-22-18-21(19-14-10-6-2-3-7-11-15-19)20-16-12-8-4-5-9-13-17-20/h2-16,19,21-22H,17-18H2,1H3/b5-4-,6-2-,7-3-,12-8-,13-9-,14-10-,15-11?,20-16+. The Morgan fingerprint density at radius 1 is 0.864 bits per heavy atom. The zero-order chi connectivity index (χ0) is 15.5. The lowest BCUT2D eigenvalue weighted by atomic mass is 9.83. The van der Waals surface area contributed by atoms with Crippen LogP contribution >= 0.6 is 0 Å². The molecule has 0 aromatic carbocycles. The van der Waals surface area contributed by atoms with E-state index >= 15 is 0 Å². The van der Waals surface area contributed by atoms with E-state index in [4.69, 9.17) is 0 Å². The van der Waals surface area contributed by atoms with Gasteiger partial charge in [0, 0.05) is 18.4 Å². The fraction of sp³-hybridized carbons (Fsp3) is 0.238. The van der Waals surface area contributed by atoms with Crippen molar-refractivity contribution >= 4 is 0 Å². The maximum Gasteiger partial charge on any atom is 0.00307 e. The van der Waals surface area contributed by atoms with Gasteiger partial charge in [0.2, 0.25) is 0 Å². The van der Waals surface area contributed by atoms with Crippen LogP contribution in [0.3, 0.4) is 0 Å². The molecule has 0 saturated heterocycles. The minimum atomic E-state index is 0.390. The molecule has 2 unspecified atom stereocenters. The fourth-order valence-corrected chi connectivity index (χ4v) is 2.71. The summed E-state index contributed by atoms with van der Waals surface area (Å²) >= 11 is 0. The minimum Gasteiger partial charge on any atom is -0.319 e. The van der Waals surface area contributed by atoms with E-state index in [9.17, 15) is 0 Å². The van der Waals surface area contributed by atoms with Crippen molar-refractivity contribution in [3.63, 3.8) is 0 Å². The summed E-state index contributed by atoms with van der Waals surface area (Å²) in [5.74, 6) is 0.839. The summed E-state index contributed by atoms with van der Waals surface area (Å²) in [4.78, 5) is 0. The van der Waals surface area contributed by atoms with Crippen LogP contribution in [0.25, 0.3) is 0 Å². The molecule has 0 bridgehead atoms. The summed E-state index contributed by atoms with van der Waals surface area (Å²) in [5.41, 5.74) is 1.46. The molecule has 0 aromatic heterocycles. The highest BCUT2D eigenvalue weighted by atomic mass is 14.8. The second-order valence-electron chi connectivity index (χ2n) is 5.42. The van der Waals surface area contributed by atoms with E-state index in [1.165, 1.54) is 5.57 Å². The number of hydrogen-bond donors (Lipinski definition) is 1. The van der Waals surface area contributed by atoms with Crippen LogP contribution in [0.4, 0.5) is 0 Å². The van der Waals surface area contributed by atoms with Gasteiger partial charge < -0.3 is 5.32 Å². The Morgan fingerprint density at radius 2 is 1.45 bits per heavy atom. The van der Waals surface area contributed by atoms with Gasteiger partial charge in [0.25, 0.3) is 0 Å². The molecule has 0 aliphatic heterocycles. The van der Waals surface area contributed by atoms with Gasteiger partial charge in [-0.1, -0.05) is 96.7 Å². The van der Waals surface area contributed by atoms with Crippen molar-refractivity contribution in [2.24, 2.45) is 11.8 Å². The Kier molecular flexibility index (Phi) is 7.20. The molecule has 0 aromatic rings. The molecule has 2 rings (SSSR count). The van der Waals surface area contributed by atoms with Gasteiger partial charge in [0.15, 0.2) is 0 Å². The Labute approximate surface area is 134 Å². The van der Waals surface area contributed by atoms with Gasteiger partial charge in [-0.15, -0.1) is 0 Å². The summed E-state index contributed by atoms with van der Waals surface area (Å²) in [6, 6.07) is 0. The molecule has 0 fully saturated rings. The van der Waals surface area contributed by atoms with Gasteiger partial charge in [-0.25, -0.2) is 0 Å². The van der Waals surface area contributed by atoms with Crippen molar-refractivity contribution in [3.8, 4) is 0 Å². The van der Waals surface area contributed by atoms with E-state index in [0.717, 1.165) is 13.0 Å². The van der Waals surface area contributed by atoms with Gasteiger partial charge >= 0.3 is 0 Å². The first-order valence-corrected chi connectivity index (χ1v) is 7.93. The van der Waals surface area contributed by atoms with Crippen molar-refractivity contribution < 1.29 is 0 Å². The topological polar surface area (TPSA) is 12.0 Å². The van der Waals surface area contributed by atoms with E-state index in [1.807, 2.05) is 7.05 Å². The lowest BCUT2D eigenvalue weighted by Crippen LogP contribution is -2.26. The average molecular weight is 291 g/mol. The molecule has 0 heterocycles. The molecule has 2 aliphatic rings. The van der Waals surface area contributed by atoms with E-state index in [2.05, 4.69) is 96.5 Å². The highest BCUT2D eigenvalue weighted by molar-refractivity contribution is 5.29. The lowest BCUT2D eigenvalue weighted by molar-refractivity contribution is 0.492. The van der Waals surface area contributed by atoms with E-state index < -0.39 is 0 Å². The summed E-state index contributed by atoms with van der Waals surface area (Å²) < 4.78 is 0. The van der Waals surface area contributed by atoms with E-state index in [-0.39, 0.29) is 0 Å². The van der Waals surface area contributed by atoms with Crippen molar-refractivity contribution in [3.05, 3.63) is 96.7 Å². The highest BCUT2D eigenvalue weighted by Crippen LogP contribution is 2.27. The zero-order valence-corrected chi connectivity index (χ0v) is 13.2. The van der Waals surface area contributed by atoms with Crippen LogP contribution in [0.15, 0.2) is 96.7 Å². The Bertz CT molecular complexity index is 543. The van der Waals surface area contributed by atoms with Crippen molar-refractivity contribution in [1.82, 2.24) is 5.32 Å². The summed E-state index contributed by atoms with van der Waals surface area (Å²) in [6.45, 7) is 0.966. The predicted molar refractivity (Wildman–Crippen MR) is 97.6 cm³/mol. The molecule has 0 spiro atoms. The van der Waals surface area contributed by atoms with Crippen LogP contribution in [-0.2, 0) is 0 Å². The van der Waals surface area contributed by atoms with Crippen LogP contribution in [0.2, 0.25) is 0 Å². The van der Waals surface area contributed by atoms with Gasteiger partial charge in [-0.3, -0.25) is 0 Å². The third-order valence-corrected chi connectivity index (χ3v) is 3.83. The quantitative estimate of drug-likeness (QED) is 0.793. The predicted octanol–water partition coefficient (Wildman–Crippen LogP) is 4.68. The van der Waals surface area contributed by atoms with Gasteiger partial charge in [0.1, 0.15) is 0 Å². The van der Waals surface area contributed by atoms with Crippen LogP contribution in [0.1, 0.15) is 6.42 Å². The number of hydrogen-bond acceptors (Lipinski definition) is 1. The smallest absolute Gasteiger partial charge is 0.00307 e. The average Bonchev–Trinajstić information content (AvgIpc) is 2.75. The number of rotatable bonds is 4. The second kappa shape index (κ2) is 9.75. The van der Waals surface area contributed by atoms with Crippen LogP contribution in [0, 0.1) is 11.8 Å². The fourth-order valence-electron chi connectivity index (χ4n) is 2.71. The van der Waals surface area contributed by atoms with Crippen LogP contribution in [0.5, 0.6) is 0 Å². The molecule has 0 saturated carbocycles. The molecular weight excluding hydrogens is 266 g/mol. The third-order valence-electron chi connectivity index (χ3n) is 3.83. The molecule has 22 heavy (non-hydrogen) atoms. The van der Waals surface area contributed by atoms with Crippen molar-refractivity contribution in [1.29, 1.82) is 0 Å². The molecule has 2 aliphatic carbocycles. The first kappa shape index (κ1) is 16.3. The van der Waals surface area contributed by atoms with Gasteiger partial charge in [-0.05, 0) is 13.5 Å². The third kappa shape index (κ3) is 5.34. The first-order chi connectivity index (χ1) is 10.9. The Morgan fingerprint density at radius 3 is 2.14 bits per heavy atom. The normalized spacial score (nSPS) is 33.3. The number of allylic oxidation sites excluding steroid dienone is 15. The first-order valence-electron chi connectivity index (χ1n) is 7.93. The van der Waals surface area contributed by atoms with Gasteiger partial charge in [-0.2, -0.15) is 0 Å². The van der Waals surface area contributed by atoms with Crippen LogP contribution in [-0.4, -0.2) is 13.6 Å². The molecule has 0 radical (unpaired) electrons. The highest BCUT2D eigenvalue weighted by Gasteiger charge is 2.19. The summed E-state index contributed by atoms with van der Waals surface area (Å²) in [6.07, 6.45) is 33.2. The monoisotopic (exact) mass is 291 g/mol. The summed E-state index contributed by atoms with van der Waals surface area (Å²) in [5, 5.41) is 3.36. The molecule has 1 N–H and O–H groups in total. The molecule has 1 nitrogen and oxygen atoms in total. The molecule has 0 amide bonds. The largest absolute Gasteiger partial charge is 0.319 e. The van der Waals surface area contributed by atoms with E-state index in [1.54, 1.807) is 0 Å².